The van der Waals surface area contributed by atoms with E-state index in [1.54, 1.807) is 4.98 Å². The molecule has 0 radical (unpaired) electrons. The van der Waals surface area contributed by atoms with E-state index in [1.165, 1.54) is 0 Å². The van der Waals surface area contributed by atoms with Gasteiger partial charge in [-0.2, -0.15) is 4.57 Å². The molecule has 0 aliphatic rings. The van der Waals surface area contributed by atoms with Gasteiger partial charge in [-0.1, -0.05) is 0 Å². The van der Waals surface area contributed by atoms with Crippen LogP contribution in [0.1, 0.15) is 6.92 Å². The Kier molecular flexibility index (Phi) is 2.18. The van der Waals surface area contributed by atoms with Gasteiger partial charge >= 0.3 is 17.1 Å². The Morgan fingerprint density at radius 2 is 1.71 bits per heavy atom. The van der Waals surface area contributed by atoms with Crippen LogP contribution in [-0.4, -0.2) is 24.3 Å². The summed E-state index contributed by atoms with van der Waals surface area (Å²) in [5.74, 6) is -2.64. The molecule has 0 aromatic carbocycles. The zero-order valence-electron chi connectivity index (χ0n) is 7.51. The van der Waals surface area contributed by atoms with E-state index in [2.05, 4.69) is 0 Å². The van der Waals surface area contributed by atoms with Gasteiger partial charge in [-0.3, -0.25) is 4.98 Å². The molecule has 0 fully saturated rings. The lowest BCUT2D eigenvalue weighted by Crippen LogP contribution is -2.55. The summed E-state index contributed by atoms with van der Waals surface area (Å²) >= 11 is 0. The second-order valence-corrected chi connectivity index (χ2v) is 2.88. The highest BCUT2D eigenvalue weighted by Gasteiger charge is 2.24. The number of aliphatic hydroxyl groups is 2. The van der Waals surface area contributed by atoms with Crippen LogP contribution in [0, 0.1) is 0 Å². The molecule has 0 saturated carbocycles. The Labute approximate surface area is 76.7 Å². The van der Waals surface area contributed by atoms with Crippen molar-refractivity contribution in [3.8, 4) is 0 Å². The molecule has 0 atom stereocenters. The monoisotopic (exact) mass is 203 g/mol. The summed E-state index contributed by atoms with van der Waals surface area (Å²) in [5.41, 5.74) is -3.20. The van der Waals surface area contributed by atoms with E-state index in [0.717, 1.165) is 14.0 Å². The largest absolute Gasteiger partial charge is 0.349 e. The van der Waals surface area contributed by atoms with Gasteiger partial charge in [0, 0.05) is 14.0 Å². The quantitative estimate of drug-likeness (QED) is 0.417. The van der Waals surface area contributed by atoms with Crippen molar-refractivity contribution < 1.29 is 10.2 Å². The number of rotatable bonds is 1. The van der Waals surface area contributed by atoms with E-state index in [4.69, 9.17) is 10.2 Å². The van der Waals surface area contributed by atoms with Crippen molar-refractivity contribution in [3.63, 3.8) is 0 Å². The smallest absolute Gasteiger partial charge is 0.340 e. The molecule has 8 nitrogen and oxygen atoms in total. The van der Waals surface area contributed by atoms with E-state index in [9.17, 15) is 14.4 Å². The van der Waals surface area contributed by atoms with E-state index in [0.29, 0.717) is 4.57 Å². The molecule has 0 spiro atoms. The second kappa shape index (κ2) is 2.93. The first-order valence-corrected chi connectivity index (χ1v) is 3.62. The lowest BCUT2D eigenvalue weighted by molar-refractivity contribution is -0.218. The van der Waals surface area contributed by atoms with Gasteiger partial charge in [-0.25, -0.2) is 19.0 Å². The molecule has 0 saturated heterocycles. The Bertz CT molecular complexity index is 514. The van der Waals surface area contributed by atoms with Gasteiger partial charge in [0.15, 0.2) is 0 Å². The number of nitrogens with zero attached hydrogens (tertiary/aromatic N) is 2. The van der Waals surface area contributed by atoms with Gasteiger partial charge < -0.3 is 10.2 Å². The third-order valence-corrected chi connectivity index (χ3v) is 1.62. The van der Waals surface area contributed by atoms with Gasteiger partial charge in [-0.05, 0) is 0 Å². The number of nitrogens with one attached hydrogen (secondary N) is 1. The molecule has 0 amide bonds. The van der Waals surface area contributed by atoms with Crippen LogP contribution in [0.2, 0.25) is 0 Å². The molecule has 1 rings (SSSR count). The summed E-state index contributed by atoms with van der Waals surface area (Å²) < 4.78 is 0.667. The summed E-state index contributed by atoms with van der Waals surface area (Å²) in [6.07, 6.45) is 0. The van der Waals surface area contributed by atoms with Gasteiger partial charge in [0.1, 0.15) is 0 Å². The van der Waals surface area contributed by atoms with Crippen LogP contribution in [0.4, 0.5) is 0 Å². The van der Waals surface area contributed by atoms with Crippen molar-refractivity contribution in [2.45, 2.75) is 12.8 Å². The molecule has 14 heavy (non-hydrogen) atoms. The lowest BCUT2D eigenvalue weighted by atomic mass is 10.5. The van der Waals surface area contributed by atoms with E-state index in [-0.39, 0.29) is 4.57 Å². The minimum absolute atomic E-state index is 0.119. The van der Waals surface area contributed by atoms with Crippen molar-refractivity contribution in [1.82, 2.24) is 14.1 Å². The molecular formula is C6H9N3O5. The van der Waals surface area contributed by atoms with Crippen molar-refractivity contribution in [1.29, 1.82) is 0 Å². The highest BCUT2D eigenvalue weighted by molar-refractivity contribution is 4.75. The van der Waals surface area contributed by atoms with Crippen LogP contribution >= 0.6 is 0 Å². The molecule has 0 unspecified atom stereocenters. The summed E-state index contributed by atoms with van der Waals surface area (Å²) in [6.45, 7) is 0.827. The van der Waals surface area contributed by atoms with Crippen LogP contribution in [0.5, 0.6) is 0 Å². The molecule has 8 heteroatoms. The number of hydrogen-bond donors (Lipinski definition) is 3. The lowest BCUT2D eigenvalue weighted by Gasteiger charge is -2.17. The third kappa shape index (κ3) is 1.52. The summed E-state index contributed by atoms with van der Waals surface area (Å²) in [7, 11) is 1.10. The molecule has 1 aromatic heterocycles. The summed E-state index contributed by atoms with van der Waals surface area (Å²) in [4.78, 5) is 34.9. The van der Waals surface area contributed by atoms with Crippen molar-refractivity contribution in [2.24, 2.45) is 7.05 Å². The Balaban J connectivity index is 3.80. The fourth-order valence-corrected chi connectivity index (χ4v) is 0.929. The van der Waals surface area contributed by atoms with Crippen molar-refractivity contribution in [3.05, 3.63) is 31.5 Å². The van der Waals surface area contributed by atoms with Crippen LogP contribution < -0.4 is 17.1 Å². The second-order valence-electron chi connectivity index (χ2n) is 2.88. The standard InChI is InChI=1S/C6H9N3O5/c1-6(13,14)9-4(11)7-3(10)8(2)5(9)12/h13-14H,1-2H3,(H,7,10,11). The summed E-state index contributed by atoms with van der Waals surface area (Å²) in [5, 5.41) is 18.1. The predicted octanol–water partition coefficient (Wildman–Crippen LogP) is -3.15. The summed E-state index contributed by atoms with van der Waals surface area (Å²) in [6, 6.07) is 0. The third-order valence-electron chi connectivity index (χ3n) is 1.62. The van der Waals surface area contributed by atoms with E-state index >= 15 is 0 Å². The number of H-pyrrole nitrogens is 1. The molecule has 3 N–H and O–H groups in total. The maximum absolute atomic E-state index is 11.2. The van der Waals surface area contributed by atoms with Crippen LogP contribution in [-0.2, 0) is 13.0 Å². The van der Waals surface area contributed by atoms with Gasteiger partial charge in [-0.15, -0.1) is 0 Å². The van der Waals surface area contributed by atoms with Gasteiger partial charge in [0.05, 0.1) is 0 Å². The van der Waals surface area contributed by atoms with Crippen molar-refractivity contribution >= 4 is 0 Å². The predicted molar refractivity (Wildman–Crippen MR) is 44.6 cm³/mol. The minimum atomic E-state index is -2.64. The fraction of sp³-hybridized carbons (Fsp3) is 0.500. The van der Waals surface area contributed by atoms with E-state index in [1.807, 2.05) is 0 Å². The fourth-order valence-electron chi connectivity index (χ4n) is 0.929. The average molecular weight is 203 g/mol. The molecule has 0 aliphatic heterocycles. The molecule has 78 valence electrons. The first kappa shape index (κ1) is 10.4. The van der Waals surface area contributed by atoms with E-state index < -0.39 is 23.0 Å². The Morgan fingerprint density at radius 1 is 1.21 bits per heavy atom. The average Bonchev–Trinajstić information content (AvgIpc) is 1.97. The maximum Gasteiger partial charge on any atom is 0.340 e. The van der Waals surface area contributed by atoms with Crippen LogP contribution in [0.15, 0.2) is 14.4 Å². The van der Waals surface area contributed by atoms with Gasteiger partial charge in [0.25, 0.3) is 5.91 Å². The molecule has 1 aromatic rings. The molecular weight excluding hydrogens is 194 g/mol. The van der Waals surface area contributed by atoms with Crippen LogP contribution in [0.3, 0.4) is 0 Å². The molecule has 0 bridgehead atoms. The highest BCUT2D eigenvalue weighted by atomic mass is 16.5. The van der Waals surface area contributed by atoms with Gasteiger partial charge in [0.2, 0.25) is 0 Å². The molecule has 0 aliphatic carbocycles. The first-order chi connectivity index (χ1) is 6.25. The minimum Gasteiger partial charge on any atom is -0.349 e. The zero-order valence-corrected chi connectivity index (χ0v) is 7.51. The SMILES string of the molecule is Cn1c(=O)[nH]c(=O)n(C(C)(O)O)c1=O. The highest BCUT2D eigenvalue weighted by Crippen LogP contribution is 1.96. The Hall–Kier alpha value is -1.67. The topological polar surface area (TPSA) is 117 Å². The molecule has 1 heterocycles. The number of aromatic amines is 1. The Morgan fingerprint density at radius 3 is 2.14 bits per heavy atom. The number of hydrogen-bond acceptors (Lipinski definition) is 5. The van der Waals surface area contributed by atoms with Crippen molar-refractivity contribution in [2.75, 3.05) is 0 Å². The zero-order chi connectivity index (χ0) is 11.1. The first-order valence-electron chi connectivity index (χ1n) is 3.62. The van der Waals surface area contributed by atoms with Crippen LogP contribution in [0.25, 0.3) is 0 Å². The normalized spacial score (nSPS) is 11.7. The maximum atomic E-state index is 11.2. The number of aromatic nitrogens is 3.